The van der Waals surface area contributed by atoms with Gasteiger partial charge in [-0.15, -0.1) is 0 Å². The Morgan fingerprint density at radius 1 is 1.77 bits per heavy atom. The number of aromatic nitrogens is 3. The fourth-order valence-corrected chi connectivity index (χ4v) is 1.41. The molecular formula is C8H14N4O. The van der Waals surface area contributed by atoms with Gasteiger partial charge in [0, 0.05) is 13.6 Å². The highest BCUT2D eigenvalue weighted by molar-refractivity contribution is 4.81. The Hall–Kier alpha value is -0.940. The number of hydrogen-bond acceptors (Lipinski definition) is 4. The van der Waals surface area contributed by atoms with Crippen molar-refractivity contribution in [1.82, 2.24) is 20.1 Å². The molecule has 0 amide bonds. The zero-order valence-electron chi connectivity index (χ0n) is 7.73. The van der Waals surface area contributed by atoms with Crippen LogP contribution < -0.4 is 5.32 Å². The maximum Gasteiger partial charge on any atom is 0.152 e. The van der Waals surface area contributed by atoms with Gasteiger partial charge < -0.3 is 10.1 Å². The molecule has 1 unspecified atom stereocenters. The van der Waals surface area contributed by atoms with Crippen molar-refractivity contribution >= 4 is 0 Å². The number of hydrogen-bond donors (Lipinski definition) is 1. The number of rotatable bonds is 3. The Kier molecular flexibility index (Phi) is 2.56. The van der Waals surface area contributed by atoms with Gasteiger partial charge in [-0.2, -0.15) is 5.10 Å². The summed E-state index contributed by atoms with van der Waals surface area (Å²) in [6.07, 6.45) is 2.99. The zero-order valence-corrected chi connectivity index (χ0v) is 7.73. The summed E-state index contributed by atoms with van der Waals surface area (Å²) >= 11 is 0. The van der Waals surface area contributed by atoms with Crippen LogP contribution in [0.1, 0.15) is 12.2 Å². The fourth-order valence-electron chi connectivity index (χ4n) is 1.41. The molecule has 1 N–H and O–H groups in total. The van der Waals surface area contributed by atoms with Gasteiger partial charge in [-0.3, -0.25) is 4.68 Å². The zero-order chi connectivity index (χ0) is 9.10. The molecule has 1 aliphatic heterocycles. The van der Waals surface area contributed by atoms with Crippen LogP contribution in [0.3, 0.4) is 0 Å². The summed E-state index contributed by atoms with van der Waals surface area (Å²) in [5, 5.41) is 7.22. The summed E-state index contributed by atoms with van der Waals surface area (Å²) in [6, 6.07) is 0. The molecule has 1 aliphatic rings. The lowest BCUT2D eigenvalue weighted by Crippen LogP contribution is -2.17. The second kappa shape index (κ2) is 3.85. The molecule has 5 nitrogen and oxygen atoms in total. The highest BCUT2D eigenvalue weighted by atomic mass is 16.5. The molecule has 2 rings (SSSR count). The first-order chi connectivity index (χ1) is 6.36. The van der Waals surface area contributed by atoms with E-state index in [1.54, 1.807) is 11.0 Å². The molecule has 0 aromatic carbocycles. The van der Waals surface area contributed by atoms with Gasteiger partial charge in [0.25, 0.3) is 0 Å². The Bertz CT molecular complexity index is 267. The normalized spacial score (nSPS) is 22.4. The van der Waals surface area contributed by atoms with E-state index in [1.165, 1.54) is 0 Å². The molecule has 1 aromatic heterocycles. The molecule has 1 saturated heterocycles. The highest BCUT2D eigenvalue weighted by Crippen LogP contribution is 2.05. The summed E-state index contributed by atoms with van der Waals surface area (Å²) in [5.41, 5.74) is 0. The lowest BCUT2D eigenvalue weighted by Gasteiger charge is -2.08. The number of ether oxygens (including phenoxy) is 1. The van der Waals surface area contributed by atoms with Crippen LogP contribution >= 0.6 is 0 Å². The standard InChI is InChI=1S/C8H14N4O/c1-12-8(10-6-11-12)5-13-7-2-3-9-4-7/h6-7,9H,2-5H2,1H3. The van der Waals surface area contributed by atoms with Crippen LogP contribution in [0.4, 0.5) is 0 Å². The number of nitrogens with zero attached hydrogens (tertiary/aromatic N) is 3. The van der Waals surface area contributed by atoms with Gasteiger partial charge in [-0.25, -0.2) is 4.98 Å². The summed E-state index contributed by atoms with van der Waals surface area (Å²) in [7, 11) is 1.87. The highest BCUT2D eigenvalue weighted by Gasteiger charge is 2.15. The Balaban J connectivity index is 1.82. The van der Waals surface area contributed by atoms with E-state index in [9.17, 15) is 0 Å². The van der Waals surface area contributed by atoms with Crippen molar-refractivity contribution in [3.63, 3.8) is 0 Å². The van der Waals surface area contributed by atoms with Crippen LogP contribution in [-0.2, 0) is 18.4 Å². The minimum Gasteiger partial charge on any atom is -0.369 e. The predicted octanol–water partition coefficient (Wildman–Crippen LogP) is -0.306. The van der Waals surface area contributed by atoms with Crippen LogP contribution in [0.25, 0.3) is 0 Å². The smallest absolute Gasteiger partial charge is 0.152 e. The lowest BCUT2D eigenvalue weighted by atomic mass is 10.3. The third kappa shape index (κ3) is 2.05. The molecule has 0 spiro atoms. The van der Waals surface area contributed by atoms with E-state index in [4.69, 9.17) is 4.74 Å². The molecule has 1 fully saturated rings. The van der Waals surface area contributed by atoms with Gasteiger partial charge in [0.1, 0.15) is 12.9 Å². The summed E-state index contributed by atoms with van der Waals surface area (Å²) in [5.74, 6) is 0.881. The van der Waals surface area contributed by atoms with Crippen LogP contribution in [0.2, 0.25) is 0 Å². The van der Waals surface area contributed by atoms with E-state index in [1.807, 2.05) is 7.05 Å². The first kappa shape index (κ1) is 8.65. The second-order valence-electron chi connectivity index (χ2n) is 3.23. The molecule has 72 valence electrons. The molecule has 0 bridgehead atoms. The molecular weight excluding hydrogens is 168 g/mol. The van der Waals surface area contributed by atoms with Gasteiger partial charge in [0.2, 0.25) is 0 Å². The Labute approximate surface area is 77.1 Å². The third-order valence-electron chi connectivity index (χ3n) is 2.27. The van der Waals surface area contributed by atoms with Crippen molar-refractivity contribution in [2.75, 3.05) is 13.1 Å². The lowest BCUT2D eigenvalue weighted by molar-refractivity contribution is 0.0484. The largest absolute Gasteiger partial charge is 0.369 e. The third-order valence-corrected chi connectivity index (χ3v) is 2.27. The molecule has 1 atom stereocenters. The van der Waals surface area contributed by atoms with E-state index < -0.39 is 0 Å². The molecule has 0 aliphatic carbocycles. The van der Waals surface area contributed by atoms with Crippen molar-refractivity contribution in [2.45, 2.75) is 19.1 Å². The molecule has 5 heteroatoms. The van der Waals surface area contributed by atoms with Gasteiger partial charge in [0.05, 0.1) is 6.10 Å². The van der Waals surface area contributed by atoms with Crippen molar-refractivity contribution in [3.8, 4) is 0 Å². The predicted molar refractivity (Wildman–Crippen MR) is 47.1 cm³/mol. The fraction of sp³-hybridized carbons (Fsp3) is 0.750. The average Bonchev–Trinajstić information content (AvgIpc) is 2.72. The van der Waals surface area contributed by atoms with Crippen LogP contribution in [0.15, 0.2) is 6.33 Å². The topological polar surface area (TPSA) is 52.0 Å². The monoisotopic (exact) mass is 182 g/mol. The number of nitrogens with one attached hydrogen (secondary N) is 1. The maximum atomic E-state index is 5.64. The van der Waals surface area contributed by atoms with E-state index in [-0.39, 0.29) is 0 Å². The number of aryl methyl sites for hydroxylation is 1. The molecule has 2 heterocycles. The van der Waals surface area contributed by atoms with Gasteiger partial charge >= 0.3 is 0 Å². The maximum absolute atomic E-state index is 5.64. The van der Waals surface area contributed by atoms with Gasteiger partial charge in [-0.05, 0) is 13.0 Å². The molecule has 1 aromatic rings. The summed E-state index contributed by atoms with van der Waals surface area (Å²) in [6.45, 7) is 2.57. The summed E-state index contributed by atoms with van der Waals surface area (Å²) in [4.78, 5) is 4.08. The Morgan fingerprint density at radius 2 is 2.69 bits per heavy atom. The van der Waals surface area contributed by atoms with Crippen LogP contribution in [0.5, 0.6) is 0 Å². The van der Waals surface area contributed by atoms with Gasteiger partial charge in [-0.1, -0.05) is 0 Å². The molecule has 0 saturated carbocycles. The van der Waals surface area contributed by atoms with E-state index in [0.717, 1.165) is 25.3 Å². The first-order valence-corrected chi connectivity index (χ1v) is 4.51. The van der Waals surface area contributed by atoms with Crippen molar-refractivity contribution in [3.05, 3.63) is 12.2 Å². The van der Waals surface area contributed by atoms with E-state index >= 15 is 0 Å². The van der Waals surface area contributed by atoms with Crippen LogP contribution in [0, 0.1) is 0 Å². The minimum absolute atomic E-state index is 0.344. The summed E-state index contributed by atoms with van der Waals surface area (Å²) < 4.78 is 7.38. The van der Waals surface area contributed by atoms with E-state index in [2.05, 4.69) is 15.4 Å². The van der Waals surface area contributed by atoms with Gasteiger partial charge in [0.15, 0.2) is 5.82 Å². The van der Waals surface area contributed by atoms with Crippen LogP contribution in [-0.4, -0.2) is 34.0 Å². The minimum atomic E-state index is 0.344. The van der Waals surface area contributed by atoms with Crippen molar-refractivity contribution in [1.29, 1.82) is 0 Å². The second-order valence-corrected chi connectivity index (χ2v) is 3.23. The average molecular weight is 182 g/mol. The SMILES string of the molecule is Cn1ncnc1COC1CCNC1. The first-order valence-electron chi connectivity index (χ1n) is 4.51. The quantitative estimate of drug-likeness (QED) is 0.697. The molecule has 0 radical (unpaired) electrons. The molecule has 13 heavy (non-hydrogen) atoms. The van der Waals surface area contributed by atoms with E-state index in [0.29, 0.717) is 12.7 Å². The van der Waals surface area contributed by atoms with Crippen molar-refractivity contribution in [2.24, 2.45) is 7.05 Å². The Morgan fingerprint density at radius 3 is 3.31 bits per heavy atom. The van der Waals surface area contributed by atoms with Crippen molar-refractivity contribution < 1.29 is 4.74 Å².